The number of carbonyl (C=O) groups is 1. The van der Waals surface area contributed by atoms with Crippen molar-refractivity contribution in [2.24, 2.45) is 0 Å². The van der Waals surface area contributed by atoms with Crippen LogP contribution in [0.2, 0.25) is 0 Å². The SMILES string of the molecule is CN(C(=O)O)C1CCN(c2cc(C3CCNCC3)nc(N)n2)C1. The van der Waals surface area contributed by atoms with E-state index < -0.39 is 6.09 Å². The van der Waals surface area contributed by atoms with Crippen molar-refractivity contribution in [2.45, 2.75) is 31.2 Å². The largest absolute Gasteiger partial charge is 0.465 e. The maximum Gasteiger partial charge on any atom is 0.407 e. The topological polar surface area (TPSA) is 108 Å². The molecule has 126 valence electrons. The highest BCUT2D eigenvalue weighted by atomic mass is 16.4. The van der Waals surface area contributed by atoms with E-state index in [1.54, 1.807) is 7.05 Å². The fraction of sp³-hybridized carbons (Fsp3) is 0.667. The summed E-state index contributed by atoms with van der Waals surface area (Å²) >= 11 is 0. The monoisotopic (exact) mass is 320 g/mol. The van der Waals surface area contributed by atoms with Crippen molar-refractivity contribution in [3.63, 3.8) is 0 Å². The molecule has 0 saturated carbocycles. The van der Waals surface area contributed by atoms with Crippen LogP contribution in [0.5, 0.6) is 0 Å². The molecule has 3 heterocycles. The van der Waals surface area contributed by atoms with Gasteiger partial charge in [0.15, 0.2) is 0 Å². The molecule has 1 atom stereocenters. The molecule has 1 aromatic heterocycles. The minimum atomic E-state index is -0.894. The Balaban J connectivity index is 1.75. The van der Waals surface area contributed by atoms with Gasteiger partial charge in [-0.2, -0.15) is 4.98 Å². The molecule has 0 aromatic carbocycles. The van der Waals surface area contributed by atoms with Crippen molar-refractivity contribution in [2.75, 3.05) is 43.9 Å². The van der Waals surface area contributed by atoms with E-state index in [-0.39, 0.29) is 6.04 Å². The fourth-order valence-corrected chi connectivity index (χ4v) is 3.38. The van der Waals surface area contributed by atoms with E-state index >= 15 is 0 Å². The van der Waals surface area contributed by atoms with Crippen molar-refractivity contribution >= 4 is 17.9 Å². The summed E-state index contributed by atoms with van der Waals surface area (Å²) in [6, 6.07) is 2.01. The molecule has 3 rings (SSSR count). The summed E-state index contributed by atoms with van der Waals surface area (Å²) in [5, 5.41) is 12.5. The Kier molecular flexibility index (Phi) is 4.51. The Morgan fingerprint density at radius 3 is 2.83 bits per heavy atom. The first-order valence-corrected chi connectivity index (χ1v) is 8.10. The average molecular weight is 320 g/mol. The van der Waals surface area contributed by atoms with E-state index in [9.17, 15) is 4.79 Å². The second-order valence-electron chi connectivity index (χ2n) is 6.32. The lowest BCUT2D eigenvalue weighted by atomic mass is 9.94. The molecule has 2 fully saturated rings. The average Bonchev–Trinajstić information content (AvgIpc) is 3.04. The standard InChI is InChI=1S/C15H24N6O2/c1-20(15(22)23)11-4-7-21(9-11)13-8-12(18-14(16)19-13)10-2-5-17-6-3-10/h8,10-11,17H,2-7,9H2,1H3,(H,22,23)(H2,16,18,19). The maximum atomic E-state index is 11.1. The van der Waals surface area contributed by atoms with Crippen LogP contribution in [0.3, 0.4) is 0 Å². The zero-order valence-corrected chi connectivity index (χ0v) is 13.4. The van der Waals surface area contributed by atoms with Gasteiger partial charge >= 0.3 is 6.09 Å². The number of nitrogens with zero attached hydrogens (tertiary/aromatic N) is 4. The van der Waals surface area contributed by atoms with Crippen molar-refractivity contribution in [3.05, 3.63) is 11.8 Å². The lowest BCUT2D eigenvalue weighted by molar-refractivity contribution is 0.142. The molecular weight excluding hydrogens is 296 g/mol. The second-order valence-corrected chi connectivity index (χ2v) is 6.32. The van der Waals surface area contributed by atoms with Gasteiger partial charge in [0.25, 0.3) is 0 Å². The highest BCUT2D eigenvalue weighted by molar-refractivity contribution is 5.65. The summed E-state index contributed by atoms with van der Waals surface area (Å²) in [5.74, 6) is 1.53. The number of aromatic nitrogens is 2. The molecule has 2 saturated heterocycles. The Labute approximate surface area is 135 Å². The third-order valence-corrected chi connectivity index (χ3v) is 4.84. The predicted molar refractivity (Wildman–Crippen MR) is 87.7 cm³/mol. The van der Waals surface area contributed by atoms with E-state index in [1.807, 2.05) is 6.07 Å². The summed E-state index contributed by atoms with van der Waals surface area (Å²) in [6.45, 7) is 3.42. The Morgan fingerprint density at radius 2 is 2.13 bits per heavy atom. The van der Waals surface area contributed by atoms with Gasteiger partial charge in [-0.3, -0.25) is 0 Å². The molecule has 2 aliphatic heterocycles. The number of rotatable bonds is 3. The number of hydrogen-bond acceptors (Lipinski definition) is 6. The molecule has 0 bridgehead atoms. The van der Waals surface area contributed by atoms with Crippen LogP contribution in [0, 0.1) is 0 Å². The van der Waals surface area contributed by atoms with E-state index in [2.05, 4.69) is 20.2 Å². The van der Waals surface area contributed by atoms with Crippen LogP contribution >= 0.6 is 0 Å². The normalized spacial score (nSPS) is 22.3. The molecule has 0 spiro atoms. The zero-order chi connectivity index (χ0) is 16.4. The number of carboxylic acid groups (broad SMARTS) is 1. The summed E-state index contributed by atoms with van der Waals surface area (Å²) in [4.78, 5) is 23.4. The first-order valence-electron chi connectivity index (χ1n) is 8.10. The lowest BCUT2D eigenvalue weighted by Crippen LogP contribution is -2.38. The molecule has 4 N–H and O–H groups in total. The van der Waals surface area contributed by atoms with Crippen LogP contribution in [0.4, 0.5) is 16.6 Å². The molecule has 1 aromatic rings. The van der Waals surface area contributed by atoms with Crippen molar-refractivity contribution in [1.82, 2.24) is 20.2 Å². The van der Waals surface area contributed by atoms with Crippen LogP contribution in [0.15, 0.2) is 6.07 Å². The smallest absolute Gasteiger partial charge is 0.407 e. The minimum absolute atomic E-state index is 0.00831. The molecule has 1 unspecified atom stereocenters. The predicted octanol–water partition coefficient (Wildman–Crippen LogP) is 0.714. The number of likely N-dealkylation sites (N-methyl/N-ethyl adjacent to an activating group) is 1. The van der Waals surface area contributed by atoms with Crippen molar-refractivity contribution in [3.8, 4) is 0 Å². The molecular formula is C15H24N6O2. The van der Waals surface area contributed by atoms with Crippen LogP contribution in [0.25, 0.3) is 0 Å². The molecule has 2 aliphatic rings. The Hall–Kier alpha value is -2.09. The number of piperidine rings is 1. The van der Waals surface area contributed by atoms with Crippen LogP contribution in [-0.4, -0.2) is 65.3 Å². The molecule has 8 heteroatoms. The quantitative estimate of drug-likeness (QED) is 0.753. The lowest BCUT2D eigenvalue weighted by Gasteiger charge is -2.25. The van der Waals surface area contributed by atoms with E-state index in [0.29, 0.717) is 18.4 Å². The Morgan fingerprint density at radius 1 is 1.39 bits per heavy atom. The van der Waals surface area contributed by atoms with Gasteiger partial charge < -0.3 is 26.0 Å². The van der Waals surface area contributed by atoms with Crippen molar-refractivity contribution in [1.29, 1.82) is 0 Å². The molecule has 0 aliphatic carbocycles. The number of amides is 1. The highest BCUT2D eigenvalue weighted by Crippen LogP contribution is 2.28. The van der Waals surface area contributed by atoms with E-state index in [1.165, 1.54) is 4.90 Å². The number of anilines is 2. The van der Waals surface area contributed by atoms with Gasteiger partial charge in [0.05, 0.1) is 11.7 Å². The van der Waals surface area contributed by atoms with Crippen molar-refractivity contribution < 1.29 is 9.90 Å². The summed E-state index contributed by atoms with van der Waals surface area (Å²) in [6.07, 6.45) is 2.02. The van der Waals surface area contributed by atoms with E-state index in [0.717, 1.165) is 50.4 Å². The number of nitrogens with two attached hydrogens (primary N) is 1. The maximum absolute atomic E-state index is 11.1. The van der Waals surface area contributed by atoms with Gasteiger partial charge in [-0.1, -0.05) is 0 Å². The van der Waals surface area contributed by atoms with Crippen LogP contribution < -0.4 is 16.0 Å². The van der Waals surface area contributed by atoms with Gasteiger partial charge in [0.2, 0.25) is 5.95 Å². The number of nitrogen functional groups attached to an aromatic ring is 1. The number of nitrogens with one attached hydrogen (secondary N) is 1. The third kappa shape index (κ3) is 3.47. The van der Waals surface area contributed by atoms with Gasteiger partial charge in [-0.05, 0) is 32.4 Å². The summed E-state index contributed by atoms with van der Waals surface area (Å²) in [5.41, 5.74) is 6.91. The molecule has 0 radical (unpaired) electrons. The van der Waals surface area contributed by atoms with E-state index in [4.69, 9.17) is 10.8 Å². The zero-order valence-electron chi connectivity index (χ0n) is 13.4. The molecule has 8 nitrogen and oxygen atoms in total. The first kappa shape index (κ1) is 15.8. The van der Waals surface area contributed by atoms with Crippen LogP contribution in [-0.2, 0) is 0 Å². The van der Waals surface area contributed by atoms with Gasteiger partial charge in [0.1, 0.15) is 5.82 Å². The molecule has 1 amide bonds. The highest BCUT2D eigenvalue weighted by Gasteiger charge is 2.30. The van der Waals surface area contributed by atoms with Gasteiger partial charge in [-0.15, -0.1) is 0 Å². The number of hydrogen-bond donors (Lipinski definition) is 3. The fourth-order valence-electron chi connectivity index (χ4n) is 3.38. The van der Waals surface area contributed by atoms with Crippen LogP contribution in [0.1, 0.15) is 30.9 Å². The Bertz CT molecular complexity index is 575. The first-order chi connectivity index (χ1) is 11.0. The molecule has 23 heavy (non-hydrogen) atoms. The van der Waals surface area contributed by atoms with Gasteiger partial charge in [-0.25, -0.2) is 9.78 Å². The third-order valence-electron chi connectivity index (χ3n) is 4.84. The second kappa shape index (κ2) is 6.57. The summed E-state index contributed by atoms with van der Waals surface area (Å²) < 4.78 is 0. The van der Waals surface area contributed by atoms with Gasteiger partial charge in [0, 0.05) is 32.1 Å². The summed E-state index contributed by atoms with van der Waals surface area (Å²) in [7, 11) is 1.62. The minimum Gasteiger partial charge on any atom is -0.465 e.